The molecule has 2 aromatic rings. The Kier molecular flexibility index (Phi) is 4.85. The van der Waals surface area contributed by atoms with Gasteiger partial charge in [-0.1, -0.05) is 44.2 Å². The molecule has 0 radical (unpaired) electrons. The van der Waals surface area contributed by atoms with Crippen molar-refractivity contribution in [3.05, 3.63) is 59.7 Å². The molecule has 0 saturated carbocycles. The average Bonchev–Trinajstić information content (AvgIpc) is 2.47. The number of halogens is 2. The Labute approximate surface area is 118 Å². The maximum Gasteiger partial charge on any atom is 0.166 e. The van der Waals surface area contributed by atoms with Gasteiger partial charge < -0.3 is 5.32 Å². The summed E-state index contributed by atoms with van der Waals surface area (Å²) in [5.41, 5.74) is 2.10. The number of rotatable bonds is 5. The Hall–Kier alpha value is -1.74. The van der Waals surface area contributed by atoms with Crippen LogP contribution in [0.15, 0.2) is 42.5 Å². The lowest BCUT2D eigenvalue weighted by Gasteiger charge is -2.17. The Morgan fingerprint density at radius 3 is 2.50 bits per heavy atom. The van der Waals surface area contributed by atoms with E-state index in [1.54, 1.807) is 12.1 Å². The zero-order valence-electron chi connectivity index (χ0n) is 11.8. The van der Waals surface area contributed by atoms with Gasteiger partial charge in [-0.05, 0) is 36.2 Å². The minimum absolute atomic E-state index is 0.233. The van der Waals surface area contributed by atoms with Crippen LogP contribution in [-0.4, -0.2) is 6.54 Å². The second kappa shape index (κ2) is 6.62. The minimum Gasteiger partial charge on any atom is -0.310 e. The molecule has 1 nitrogen and oxygen atoms in total. The van der Waals surface area contributed by atoms with Crippen LogP contribution in [0.1, 0.15) is 31.9 Å². The number of hydrogen-bond acceptors (Lipinski definition) is 1. The molecule has 1 unspecified atom stereocenters. The normalized spacial score (nSPS) is 12.4. The molecule has 0 aliphatic rings. The standard InChI is InChI=1S/C17H19F2N/c1-3-16(20-4-2)13-8-5-7-12(11-13)14-9-6-10-15(18)17(14)19/h5-11,16,20H,3-4H2,1-2H3. The quantitative estimate of drug-likeness (QED) is 0.834. The van der Waals surface area contributed by atoms with Crippen molar-refractivity contribution in [2.75, 3.05) is 6.54 Å². The molecular formula is C17H19F2N. The zero-order chi connectivity index (χ0) is 14.5. The summed E-state index contributed by atoms with van der Waals surface area (Å²) in [5.74, 6) is -1.60. The molecule has 0 saturated heterocycles. The van der Waals surface area contributed by atoms with E-state index in [0.29, 0.717) is 11.1 Å². The lowest BCUT2D eigenvalue weighted by molar-refractivity contribution is 0.511. The topological polar surface area (TPSA) is 12.0 Å². The van der Waals surface area contributed by atoms with E-state index in [4.69, 9.17) is 0 Å². The van der Waals surface area contributed by atoms with Crippen molar-refractivity contribution < 1.29 is 8.78 Å². The van der Waals surface area contributed by atoms with Gasteiger partial charge in [-0.2, -0.15) is 0 Å². The summed E-state index contributed by atoms with van der Waals surface area (Å²) in [5, 5.41) is 3.39. The van der Waals surface area contributed by atoms with Gasteiger partial charge in [0.15, 0.2) is 11.6 Å². The van der Waals surface area contributed by atoms with E-state index in [2.05, 4.69) is 19.2 Å². The SMILES string of the molecule is CCNC(CC)c1cccc(-c2cccc(F)c2F)c1. The highest BCUT2D eigenvalue weighted by molar-refractivity contribution is 5.65. The van der Waals surface area contributed by atoms with Gasteiger partial charge in [-0.3, -0.25) is 0 Å². The maximum atomic E-state index is 13.9. The second-order valence-electron chi connectivity index (χ2n) is 4.75. The molecule has 0 fully saturated rings. The van der Waals surface area contributed by atoms with Gasteiger partial charge in [0.05, 0.1) is 0 Å². The highest BCUT2D eigenvalue weighted by Gasteiger charge is 2.12. The molecule has 0 bridgehead atoms. The van der Waals surface area contributed by atoms with Crippen molar-refractivity contribution in [2.45, 2.75) is 26.3 Å². The van der Waals surface area contributed by atoms with Crippen LogP contribution in [0.2, 0.25) is 0 Å². The molecule has 0 spiro atoms. The van der Waals surface area contributed by atoms with Gasteiger partial charge in [-0.25, -0.2) is 8.78 Å². The van der Waals surface area contributed by atoms with E-state index in [-0.39, 0.29) is 6.04 Å². The van der Waals surface area contributed by atoms with Crippen LogP contribution in [0.3, 0.4) is 0 Å². The van der Waals surface area contributed by atoms with Crippen LogP contribution >= 0.6 is 0 Å². The first-order chi connectivity index (χ1) is 9.67. The van der Waals surface area contributed by atoms with Crippen molar-refractivity contribution >= 4 is 0 Å². The summed E-state index contributed by atoms with van der Waals surface area (Å²) < 4.78 is 27.2. The van der Waals surface area contributed by atoms with Gasteiger partial charge >= 0.3 is 0 Å². The molecule has 1 N–H and O–H groups in total. The highest BCUT2D eigenvalue weighted by atomic mass is 19.2. The fourth-order valence-corrected chi connectivity index (χ4v) is 2.39. The largest absolute Gasteiger partial charge is 0.310 e. The van der Waals surface area contributed by atoms with Crippen molar-refractivity contribution in [1.29, 1.82) is 0 Å². The third-order valence-electron chi connectivity index (χ3n) is 3.41. The smallest absolute Gasteiger partial charge is 0.166 e. The van der Waals surface area contributed by atoms with Crippen molar-refractivity contribution in [2.24, 2.45) is 0 Å². The molecule has 106 valence electrons. The molecule has 0 amide bonds. The van der Waals surface area contributed by atoms with Crippen LogP contribution in [0, 0.1) is 11.6 Å². The molecule has 0 heterocycles. The van der Waals surface area contributed by atoms with Gasteiger partial charge in [-0.15, -0.1) is 0 Å². The van der Waals surface area contributed by atoms with Gasteiger partial charge in [0.25, 0.3) is 0 Å². The molecule has 20 heavy (non-hydrogen) atoms. The zero-order valence-corrected chi connectivity index (χ0v) is 11.8. The predicted molar refractivity (Wildman–Crippen MR) is 78.5 cm³/mol. The maximum absolute atomic E-state index is 13.9. The molecular weight excluding hydrogens is 256 g/mol. The van der Waals surface area contributed by atoms with E-state index in [1.165, 1.54) is 6.07 Å². The summed E-state index contributed by atoms with van der Waals surface area (Å²) in [6, 6.07) is 12.1. The van der Waals surface area contributed by atoms with Gasteiger partial charge in [0, 0.05) is 11.6 Å². The van der Waals surface area contributed by atoms with E-state index in [9.17, 15) is 8.78 Å². The van der Waals surface area contributed by atoms with Crippen LogP contribution < -0.4 is 5.32 Å². The Bertz CT molecular complexity index is 581. The third kappa shape index (κ3) is 3.05. The molecule has 2 rings (SSSR count). The summed E-state index contributed by atoms with van der Waals surface area (Å²) in [6.07, 6.45) is 0.947. The van der Waals surface area contributed by atoms with Crippen molar-refractivity contribution in [3.8, 4) is 11.1 Å². The molecule has 1 atom stereocenters. The van der Waals surface area contributed by atoms with Crippen molar-refractivity contribution in [3.63, 3.8) is 0 Å². The van der Waals surface area contributed by atoms with Crippen molar-refractivity contribution in [1.82, 2.24) is 5.32 Å². The average molecular weight is 275 g/mol. The Balaban J connectivity index is 2.41. The number of hydrogen-bond donors (Lipinski definition) is 1. The van der Waals surface area contributed by atoms with Crippen LogP contribution in [0.4, 0.5) is 8.78 Å². The molecule has 0 aromatic heterocycles. The first-order valence-electron chi connectivity index (χ1n) is 6.95. The monoisotopic (exact) mass is 275 g/mol. The Morgan fingerprint density at radius 2 is 1.80 bits per heavy atom. The molecule has 3 heteroatoms. The van der Waals surface area contributed by atoms with E-state index in [0.717, 1.165) is 24.6 Å². The lowest BCUT2D eigenvalue weighted by Crippen LogP contribution is -2.19. The molecule has 0 aliphatic heterocycles. The summed E-state index contributed by atoms with van der Waals surface area (Å²) >= 11 is 0. The van der Waals surface area contributed by atoms with Gasteiger partial charge in [0.2, 0.25) is 0 Å². The fourth-order valence-electron chi connectivity index (χ4n) is 2.39. The number of nitrogens with one attached hydrogen (secondary N) is 1. The first-order valence-corrected chi connectivity index (χ1v) is 6.95. The predicted octanol–water partition coefficient (Wildman–Crippen LogP) is 4.69. The fraction of sp³-hybridized carbons (Fsp3) is 0.294. The van der Waals surface area contributed by atoms with Crippen LogP contribution in [-0.2, 0) is 0 Å². The summed E-state index contributed by atoms with van der Waals surface area (Å²) in [7, 11) is 0. The molecule has 0 aliphatic carbocycles. The van der Waals surface area contributed by atoms with E-state index < -0.39 is 11.6 Å². The second-order valence-corrected chi connectivity index (χ2v) is 4.75. The van der Waals surface area contributed by atoms with Crippen LogP contribution in [0.25, 0.3) is 11.1 Å². The van der Waals surface area contributed by atoms with Crippen LogP contribution in [0.5, 0.6) is 0 Å². The number of benzene rings is 2. The molecule has 2 aromatic carbocycles. The van der Waals surface area contributed by atoms with E-state index in [1.807, 2.05) is 18.2 Å². The third-order valence-corrected chi connectivity index (χ3v) is 3.41. The lowest BCUT2D eigenvalue weighted by atomic mass is 9.98. The van der Waals surface area contributed by atoms with E-state index >= 15 is 0 Å². The summed E-state index contributed by atoms with van der Waals surface area (Å²) in [6.45, 7) is 5.03. The highest BCUT2D eigenvalue weighted by Crippen LogP contribution is 2.27. The Morgan fingerprint density at radius 1 is 1.05 bits per heavy atom. The van der Waals surface area contributed by atoms with Gasteiger partial charge in [0.1, 0.15) is 0 Å². The summed E-state index contributed by atoms with van der Waals surface area (Å²) in [4.78, 5) is 0. The first kappa shape index (κ1) is 14.7. The minimum atomic E-state index is -0.813.